The van der Waals surface area contributed by atoms with Crippen molar-refractivity contribution >= 4 is 34.8 Å². The molecule has 0 heterocycles. The van der Waals surface area contributed by atoms with E-state index in [1.165, 1.54) is 30.3 Å². The number of amides is 1. The number of hydrogen-bond donors (Lipinski definition) is 2. The van der Waals surface area contributed by atoms with Crippen molar-refractivity contribution in [2.45, 2.75) is 17.0 Å². The van der Waals surface area contributed by atoms with Crippen LogP contribution in [0.15, 0.2) is 48.5 Å². The molecule has 0 unspecified atom stereocenters. The van der Waals surface area contributed by atoms with Gasteiger partial charge in [0.25, 0.3) is 11.6 Å². The Bertz CT molecular complexity index is 884. The normalized spacial score (nSPS) is 12.7. The molecule has 28 heavy (non-hydrogen) atoms. The summed E-state index contributed by atoms with van der Waals surface area (Å²) in [5.41, 5.74) is 0.573. The Morgan fingerprint density at radius 2 is 1.96 bits per heavy atom. The maximum atomic E-state index is 11.9. The first-order valence-electron chi connectivity index (χ1n) is 7.95. The number of carbonyl (C=O) groups excluding carboxylic acids is 1. The highest BCUT2D eigenvalue weighted by molar-refractivity contribution is 6.53. The first-order valence-corrected chi connectivity index (χ1v) is 8.83. The fraction of sp³-hybridized carbons (Fsp3) is 0.222. The topological polar surface area (TPSA) is 125 Å². The van der Waals surface area contributed by atoms with Crippen molar-refractivity contribution in [3.63, 3.8) is 0 Å². The number of benzene rings is 2. The number of aliphatic hydroxyl groups is 1. The molecule has 10 heteroatoms. The number of nitriles is 1. The summed E-state index contributed by atoms with van der Waals surface area (Å²) in [6.07, 6.45) is -1.25. The zero-order valence-electron chi connectivity index (χ0n) is 14.3. The van der Waals surface area contributed by atoms with Crippen molar-refractivity contribution in [3.8, 4) is 11.8 Å². The number of ether oxygens (including phenoxy) is 1. The van der Waals surface area contributed by atoms with Crippen LogP contribution < -0.4 is 10.1 Å². The lowest BCUT2D eigenvalue weighted by Gasteiger charge is -2.25. The zero-order chi connectivity index (χ0) is 20.7. The van der Waals surface area contributed by atoms with E-state index in [2.05, 4.69) is 5.32 Å². The van der Waals surface area contributed by atoms with Crippen molar-refractivity contribution in [1.29, 1.82) is 5.26 Å². The molecule has 0 bridgehead atoms. The number of rotatable bonds is 8. The number of carbonyl (C=O) groups is 1. The molecule has 0 aliphatic carbocycles. The van der Waals surface area contributed by atoms with Gasteiger partial charge in [-0.15, -0.1) is 0 Å². The predicted octanol–water partition coefficient (Wildman–Crippen LogP) is 2.87. The van der Waals surface area contributed by atoms with E-state index >= 15 is 0 Å². The first-order chi connectivity index (χ1) is 13.3. The molecule has 0 aliphatic heterocycles. The number of nitrogens with zero attached hydrogens (tertiary/aromatic N) is 2. The summed E-state index contributed by atoms with van der Waals surface area (Å²) in [5.74, 6) is -0.369. The van der Waals surface area contributed by atoms with Crippen molar-refractivity contribution in [2.24, 2.45) is 0 Å². The fourth-order valence-electron chi connectivity index (χ4n) is 2.32. The van der Waals surface area contributed by atoms with E-state index < -0.39 is 27.8 Å². The van der Waals surface area contributed by atoms with Crippen LogP contribution in [0.1, 0.15) is 17.2 Å². The maximum absolute atomic E-state index is 11.9. The third-order valence-electron chi connectivity index (χ3n) is 3.75. The molecule has 2 N–H and O–H groups in total. The van der Waals surface area contributed by atoms with Gasteiger partial charge < -0.3 is 15.2 Å². The molecular weight excluding hydrogens is 409 g/mol. The summed E-state index contributed by atoms with van der Waals surface area (Å²) >= 11 is 11.1. The molecule has 0 radical (unpaired) electrons. The average Bonchev–Trinajstić information content (AvgIpc) is 2.70. The molecule has 2 aromatic rings. The number of alkyl halides is 2. The van der Waals surface area contributed by atoms with Crippen molar-refractivity contribution < 1.29 is 19.6 Å². The summed E-state index contributed by atoms with van der Waals surface area (Å²) in [4.78, 5) is 20.7. The van der Waals surface area contributed by atoms with Gasteiger partial charge in [0.1, 0.15) is 18.5 Å². The number of halogens is 2. The van der Waals surface area contributed by atoms with E-state index in [1.807, 2.05) is 6.07 Å². The number of aliphatic hydroxyl groups excluding tert-OH is 1. The second-order valence-corrected chi connectivity index (χ2v) is 6.76. The van der Waals surface area contributed by atoms with Gasteiger partial charge in [0.05, 0.1) is 22.6 Å². The minimum absolute atomic E-state index is 0.136. The second kappa shape index (κ2) is 9.90. The van der Waals surface area contributed by atoms with Crippen molar-refractivity contribution in [2.75, 3.05) is 6.61 Å². The molecular formula is C18H15Cl2N3O5. The number of non-ortho nitro benzene ring substituents is 1. The van der Waals surface area contributed by atoms with Gasteiger partial charge in [-0.1, -0.05) is 29.3 Å². The summed E-state index contributed by atoms with van der Waals surface area (Å²) in [6, 6.07) is 12.6. The van der Waals surface area contributed by atoms with Crippen LogP contribution in [0.25, 0.3) is 0 Å². The van der Waals surface area contributed by atoms with E-state index in [0.717, 1.165) is 0 Å². The molecule has 2 aromatic carbocycles. The highest BCUT2D eigenvalue weighted by Crippen LogP contribution is 2.22. The lowest BCUT2D eigenvalue weighted by atomic mass is 10.0. The highest BCUT2D eigenvalue weighted by atomic mass is 35.5. The molecule has 2 rings (SSSR count). The van der Waals surface area contributed by atoms with Gasteiger partial charge in [-0.2, -0.15) is 5.26 Å². The molecule has 1 amide bonds. The molecule has 0 saturated heterocycles. The minimum atomic E-state index is -1.35. The minimum Gasteiger partial charge on any atom is -0.491 e. The van der Waals surface area contributed by atoms with Gasteiger partial charge in [-0.3, -0.25) is 14.9 Å². The first kappa shape index (κ1) is 21.4. The second-order valence-electron chi connectivity index (χ2n) is 5.66. The van der Waals surface area contributed by atoms with Crippen molar-refractivity contribution in [1.82, 2.24) is 5.32 Å². The van der Waals surface area contributed by atoms with Gasteiger partial charge in [0.2, 0.25) is 0 Å². The van der Waals surface area contributed by atoms with Crippen LogP contribution in [-0.2, 0) is 4.79 Å². The quantitative estimate of drug-likeness (QED) is 0.381. The third-order valence-corrected chi connectivity index (χ3v) is 4.14. The van der Waals surface area contributed by atoms with Gasteiger partial charge in [-0.25, -0.2) is 0 Å². The highest BCUT2D eigenvalue weighted by Gasteiger charge is 2.26. The van der Waals surface area contributed by atoms with Crippen LogP contribution in [-0.4, -0.2) is 33.4 Å². The van der Waals surface area contributed by atoms with Crippen molar-refractivity contribution in [3.05, 3.63) is 69.8 Å². The summed E-state index contributed by atoms with van der Waals surface area (Å²) in [6.45, 7) is -0.167. The van der Waals surface area contributed by atoms with Gasteiger partial charge >= 0.3 is 0 Å². The maximum Gasteiger partial charge on any atom is 0.269 e. The SMILES string of the molecule is N#Cc1cccc(OC[C@@H](NC(=O)C(Cl)Cl)[C@H](O)c2ccc([N+](=O)[O-])cc2)c1. The average molecular weight is 424 g/mol. The number of nitrogens with one attached hydrogen (secondary N) is 1. The molecule has 0 aromatic heterocycles. The molecule has 0 aliphatic rings. The van der Waals surface area contributed by atoms with Gasteiger partial charge in [-0.05, 0) is 35.9 Å². The Labute approximate surface area is 170 Å². The molecule has 0 spiro atoms. The van der Waals surface area contributed by atoms with E-state index in [9.17, 15) is 20.0 Å². The van der Waals surface area contributed by atoms with Crippen LogP contribution in [0.5, 0.6) is 5.75 Å². The zero-order valence-corrected chi connectivity index (χ0v) is 15.8. The summed E-state index contributed by atoms with van der Waals surface area (Å²) < 4.78 is 5.58. The Morgan fingerprint density at radius 1 is 1.29 bits per heavy atom. The van der Waals surface area contributed by atoms with Crippen LogP contribution in [0.2, 0.25) is 0 Å². The lowest BCUT2D eigenvalue weighted by Crippen LogP contribution is -2.45. The number of nitro benzene ring substituents is 1. The molecule has 2 atom stereocenters. The van der Waals surface area contributed by atoms with E-state index in [4.69, 9.17) is 33.2 Å². The monoisotopic (exact) mass is 423 g/mol. The molecule has 0 fully saturated rings. The largest absolute Gasteiger partial charge is 0.491 e. The predicted molar refractivity (Wildman–Crippen MR) is 102 cm³/mol. The third kappa shape index (κ3) is 5.82. The number of nitro groups is 1. The Balaban J connectivity index is 2.18. The smallest absolute Gasteiger partial charge is 0.269 e. The Hall–Kier alpha value is -2.86. The lowest BCUT2D eigenvalue weighted by molar-refractivity contribution is -0.384. The van der Waals surface area contributed by atoms with Crippen LogP contribution in [0.3, 0.4) is 0 Å². The summed E-state index contributed by atoms with van der Waals surface area (Å²) in [7, 11) is 0. The fourth-order valence-corrected chi connectivity index (χ4v) is 2.45. The van der Waals surface area contributed by atoms with Crippen LogP contribution >= 0.6 is 23.2 Å². The Morgan fingerprint density at radius 3 is 2.54 bits per heavy atom. The van der Waals surface area contributed by atoms with Crippen LogP contribution in [0, 0.1) is 21.4 Å². The van der Waals surface area contributed by atoms with Gasteiger partial charge in [0.15, 0.2) is 4.84 Å². The van der Waals surface area contributed by atoms with Crippen LogP contribution in [0.4, 0.5) is 5.69 Å². The number of hydrogen-bond acceptors (Lipinski definition) is 6. The van der Waals surface area contributed by atoms with E-state index in [1.54, 1.807) is 18.2 Å². The summed E-state index contributed by atoms with van der Waals surface area (Å²) in [5, 5.41) is 32.8. The van der Waals surface area contributed by atoms with E-state index in [0.29, 0.717) is 16.9 Å². The molecule has 0 saturated carbocycles. The van der Waals surface area contributed by atoms with E-state index in [-0.39, 0.29) is 12.3 Å². The molecule has 146 valence electrons. The molecule has 8 nitrogen and oxygen atoms in total. The Kier molecular flexibility index (Phi) is 7.58. The standard InChI is InChI=1S/C18H15Cl2N3O5/c19-17(20)18(25)22-15(10-28-14-3-1-2-11(8-14)9-21)16(24)12-4-6-13(7-5-12)23(26)27/h1-8,15-17,24H,10H2,(H,22,25)/t15-,16-/m1/s1. The van der Waals surface area contributed by atoms with Gasteiger partial charge in [0, 0.05) is 12.1 Å².